The second kappa shape index (κ2) is 6.18. The third kappa shape index (κ3) is 3.41. The highest BCUT2D eigenvalue weighted by Gasteiger charge is 2.09. The van der Waals surface area contributed by atoms with Crippen molar-refractivity contribution < 1.29 is 9.84 Å². The Labute approximate surface area is 101 Å². The summed E-state index contributed by atoms with van der Waals surface area (Å²) in [7, 11) is 0. The Kier molecular flexibility index (Phi) is 4.30. The average Bonchev–Trinajstić information content (AvgIpc) is 2.42. The van der Waals surface area contributed by atoms with Crippen molar-refractivity contribution in [2.45, 2.75) is 12.7 Å². The molecule has 2 rings (SSSR count). The average molecular weight is 228 g/mol. The molecule has 0 aliphatic carbocycles. The molecule has 2 nitrogen and oxygen atoms in total. The van der Waals surface area contributed by atoms with Crippen molar-refractivity contribution in [1.82, 2.24) is 0 Å². The van der Waals surface area contributed by atoms with E-state index >= 15 is 0 Å². The molecule has 0 bridgehead atoms. The van der Waals surface area contributed by atoms with Gasteiger partial charge in [-0.2, -0.15) is 0 Å². The summed E-state index contributed by atoms with van der Waals surface area (Å²) in [5.74, 6) is 0. The fraction of sp³-hybridized carbons (Fsp3) is 0.200. The van der Waals surface area contributed by atoms with Crippen LogP contribution in [0.3, 0.4) is 0 Å². The van der Waals surface area contributed by atoms with Gasteiger partial charge >= 0.3 is 0 Å². The van der Waals surface area contributed by atoms with E-state index in [1.54, 1.807) is 0 Å². The summed E-state index contributed by atoms with van der Waals surface area (Å²) in [6, 6.07) is 19.7. The molecular formula is C15H16O2. The first-order chi connectivity index (χ1) is 8.40. The molecular weight excluding hydrogens is 212 g/mol. The van der Waals surface area contributed by atoms with Crippen molar-refractivity contribution in [3.63, 3.8) is 0 Å². The summed E-state index contributed by atoms with van der Waals surface area (Å²) < 4.78 is 5.71. The Hall–Kier alpha value is -1.64. The second-order valence-electron chi connectivity index (χ2n) is 3.88. The Morgan fingerprint density at radius 1 is 0.882 bits per heavy atom. The van der Waals surface area contributed by atoms with Crippen molar-refractivity contribution in [3.8, 4) is 0 Å². The lowest BCUT2D eigenvalue weighted by atomic mass is 10.1. The van der Waals surface area contributed by atoms with Gasteiger partial charge in [0, 0.05) is 0 Å². The first-order valence-corrected chi connectivity index (χ1v) is 5.71. The molecule has 0 spiro atoms. The summed E-state index contributed by atoms with van der Waals surface area (Å²) in [5, 5.41) is 9.33. The van der Waals surface area contributed by atoms with Gasteiger partial charge in [-0.05, 0) is 11.1 Å². The second-order valence-corrected chi connectivity index (χ2v) is 3.88. The third-order valence-corrected chi connectivity index (χ3v) is 2.63. The van der Waals surface area contributed by atoms with Gasteiger partial charge in [-0.25, -0.2) is 0 Å². The Bertz CT molecular complexity index is 425. The van der Waals surface area contributed by atoms with Crippen molar-refractivity contribution in [2.75, 3.05) is 6.61 Å². The SMILES string of the molecule is OC[C@@H](OCc1ccccc1)c1ccccc1. The van der Waals surface area contributed by atoms with Gasteiger partial charge in [0.2, 0.25) is 0 Å². The minimum Gasteiger partial charge on any atom is -0.393 e. The molecule has 1 N–H and O–H groups in total. The van der Waals surface area contributed by atoms with E-state index in [0.717, 1.165) is 11.1 Å². The highest BCUT2D eigenvalue weighted by molar-refractivity contribution is 5.18. The van der Waals surface area contributed by atoms with E-state index in [2.05, 4.69) is 0 Å². The van der Waals surface area contributed by atoms with E-state index in [0.29, 0.717) is 6.61 Å². The van der Waals surface area contributed by atoms with Crippen LogP contribution < -0.4 is 0 Å². The fourth-order valence-electron chi connectivity index (χ4n) is 1.69. The van der Waals surface area contributed by atoms with Gasteiger partial charge in [0.15, 0.2) is 0 Å². The molecule has 0 heterocycles. The van der Waals surface area contributed by atoms with E-state index in [1.165, 1.54) is 0 Å². The number of benzene rings is 2. The lowest BCUT2D eigenvalue weighted by molar-refractivity contribution is 0.00111. The van der Waals surface area contributed by atoms with Gasteiger partial charge < -0.3 is 9.84 Å². The molecule has 88 valence electrons. The largest absolute Gasteiger partial charge is 0.393 e. The third-order valence-electron chi connectivity index (χ3n) is 2.63. The van der Waals surface area contributed by atoms with Crippen molar-refractivity contribution in [1.29, 1.82) is 0 Å². The van der Waals surface area contributed by atoms with Crippen molar-refractivity contribution in [3.05, 3.63) is 71.8 Å². The molecule has 0 saturated carbocycles. The molecule has 0 saturated heterocycles. The molecule has 2 aromatic carbocycles. The van der Waals surface area contributed by atoms with E-state index in [1.807, 2.05) is 60.7 Å². The minimum absolute atomic E-state index is 0.00313. The van der Waals surface area contributed by atoms with E-state index < -0.39 is 0 Å². The first-order valence-electron chi connectivity index (χ1n) is 5.71. The summed E-state index contributed by atoms with van der Waals surface area (Å²) in [6.07, 6.45) is -0.253. The number of hydrogen-bond donors (Lipinski definition) is 1. The molecule has 1 atom stereocenters. The number of aliphatic hydroxyl groups excluding tert-OH is 1. The zero-order valence-electron chi connectivity index (χ0n) is 9.62. The number of hydrogen-bond acceptors (Lipinski definition) is 2. The van der Waals surface area contributed by atoms with Crippen LogP contribution in [-0.2, 0) is 11.3 Å². The maximum Gasteiger partial charge on any atom is 0.106 e. The molecule has 0 unspecified atom stereocenters. The monoisotopic (exact) mass is 228 g/mol. The molecule has 0 fully saturated rings. The predicted molar refractivity (Wildman–Crippen MR) is 67.5 cm³/mol. The standard InChI is InChI=1S/C15H16O2/c16-11-15(14-9-5-2-6-10-14)17-12-13-7-3-1-4-8-13/h1-10,15-16H,11-12H2/t15-/m1/s1. The predicted octanol–water partition coefficient (Wildman–Crippen LogP) is 2.94. The summed E-state index contributed by atoms with van der Waals surface area (Å²) in [5.41, 5.74) is 2.12. The number of ether oxygens (including phenoxy) is 1. The zero-order valence-corrected chi connectivity index (χ0v) is 9.62. The van der Waals surface area contributed by atoms with Gasteiger partial charge in [-0.3, -0.25) is 0 Å². The van der Waals surface area contributed by atoms with Gasteiger partial charge in [0.1, 0.15) is 6.10 Å². The molecule has 17 heavy (non-hydrogen) atoms. The Morgan fingerprint density at radius 3 is 2.06 bits per heavy atom. The molecule has 0 aliphatic rings. The van der Waals surface area contributed by atoms with Crippen molar-refractivity contribution >= 4 is 0 Å². The summed E-state index contributed by atoms with van der Waals surface area (Å²) in [6.45, 7) is 0.512. The Balaban J connectivity index is 1.97. The molecule has 0 amide bonds. The molecule has 2 heteroatoms. The van der Waals surface area contributed by atoms with Gasteiger partial charge in [0.05, 0.1) is 13.2 Å². The highest BCUT2D eigenvalue weighted by Crippen LogP contribution is 2.18. The zero-order chi connectivity index (χ0) is 11.9. The van der Waals surface area contributed by atoms with E-state index in [9.17, 15) is 5.11 Å². The van der Waals surface area contributed by atoms with E-state index in [-0.39, 0.29) is 12.7 Å². The molecule has 2 aromatic rings. The summed E-state index contributed by atoms with van der Waals surface area (Å²) in [4.78, 5) is 0. The van der Waals surface area contributed by atoms with Crippen LogP contribution in [0.1, 0.15) is 17.2 Å². The quantitative estimate of drug-likeness (QED) is 0.852. The Morgan fingerprint density at radius 2 is 1.47 bits per heavy atom. The number of rotatable bonds is 5. The normalized spacial score (nSPS) is 12.3. The van der Waals surface area contributed by atoms with Gasteiger partial charge in [0.25, 0.3) is 0 Å². The fourth-order valence-corrected chi connectivity index (χ4v) is 1.69. The maximum absolute atomic E-state index is 9.33. The van der Waals surface area contributed by atoms with Crippen LogP contribution in [-0.4, -0.2) is 11.7 Å². The molecule has 0 radical (unpaired) electrons. The van der Waals surface area contributed by atoms with Crippen LogP contribution in [0.5, 0.6) is 0 Å². The first kappa shape index (κ1) is 11.8. The van der Waals surface area contributed by atoms with Gasteiger partial charge in [-0.1, -0.05) is 60.7 Å². The van der Waals surface area contributed by atoms with Crippen molar-refractivity contribution in [2.24, 2.45) is 0 Å². The minimum atomic E-state index is -0.253. The van der Waals surface area contributed by atoms with Crippen LogP contribution in [0.2, 0.25) is 0 Å². The van der Waals surface area contributed by atoms with Gasteiger partial charge in [-0.15, -0.1) is 0 Å². The number of aliphatic hydroxyl groups is 1. The molecule has 0 aliphatic heterocycles. The lowest BCUT2D eigenvalue weighted by Crippen LogP contribution is -2.08. The van der Waals surface area contributed by atoms with Crippen LogP contribution in [0.25, 0.3) is 0 Å². The van der Waals surface area contributed by atoms with Crippen LogP contribution >= 0.6 is 0 Å². The maximum atomic E-state index is 9.33. The molecule has 0 aromatic heterocycles. The van der Waals surface area contributed by atoms with Crippen LogP contribution in [0, 0.1) is 0 Å². The smallest absolute Gasteiger partial charge is 0.106 e. The van der Waals surface area contributed by atoms with E-state index in [4.69, 9.17) is 4.74 Å². The van der Waals surface area contributed by atoms with Crippen LogP contribution in [0.15, 0.2) is 60.7 Å². The summed E-state index contributed by atoms with van der Waals surface area (Å²) >= 11 is 0. The lowest BCUT2D eigenvalue weighted by Gasteiger charge is -2.15. The van der Waals surface area contributed by atoms with Crippen LogP contribution in [0.4, 0.5) is 0 Å². The highest BCUT2D eigenvalue weighted by atomic mass is 16.5. The topological polar surface area (TPSA) is 29.5 Å².